The first-order chi connectivity index (χ1) is 8.24. The molecule has 0 bridgehead atoms. The molecule has 1 aliphatic rings. The summed E-state index contributed by atoms with van der Waals surface area (Å²) in [4.78, 5) is 8.30. The van der Waals surface area contributed by atoms with Crippen LogP contribution in [-0.4, -0.2) is 28.2 Å². The van der Waals surface area contributed by atoms with Gasteiger partial charge in [-0.15, -0.1) is 0 Å². The Labute approximate surface area is 101 Å². The molecule has 0 aromatic carbocycles. The molecule has 6 nitrogen and oxygen atoms in total. The number of nitrogen functional groups attached to an aromatic ring is 1. The van der Waals surface area contributed by atoms with E-state index in [0.717, 1.165) is 37.2 Å². The molecule has 0 saturated heterocycles. The van der Waals surface area contributed by atoms with E-state index < -0.39 is 0 Å². The second kappa shape index (κ2) is 4.85. The summed E-state index contributed by atoms with van der Waals surface area (Å²) in [5.41, 5.74) is 3.61. The lowest BCUT2D eigenvalue weighted by molar-refractivity contribution is 0.219. The van der Waals surface area contributed by atoms with Gasteiger partial charge in [-0.1, -0.05) is 6.92 Å². The van der Waals surface area contributed by atoms with Crippen molar-refractivity contribution in [3.8, 4) is 0 Å². The highest BCUT2D eigenvalue weighted by Crippen LogP contribution is 2.45. The van der Waals surface area contributed by atoms with E-state index in [0.29, 0.717) is 5.82 Å². The van der Waals surface area contributed by atoms with Gasteiger partial charge in [0.25, 0.3) is 0 Å². The molecule has 1 aromatic rings. The first kappa shape index (κ1) is 12.1. The molecule has 2 rings (SSSR count). The van der Waals surface area contributed by atoms with E-state index >= 15 is 0 Å². The zero-order valence-electron chi connectivity index (χ0n) is 10.0. The highest BCUT2D eigenvalue weighted by atomic mass is 16.3. The zero-order valence-corrected chi connectivity index (χ0v) is 10.0. The summed E-state index contributed by atoms with van der Waals surface area (Å²) >= 11 is 0. The summed E-state index contributed by atoms with van der Waals surface area (Å²) < 4.78 is 0. The molecule has 1 saturated carbocycles. The van der Waals surface area contributed by atoms with Crippen molar-refractivity contribution in [2.45, 2.75) is 26.2 Å². The lowest BCUT2D eigenvalue weighted by Crippen LogP contribution is -2.21. The van der Waals surface area contributed by atoms with Crippen LogP contribution in [0.2, 0.25) is 0 Å². The summed E-state index contributed by atoms with van der Waals surface area (Å²) in [6.07, 6.45) is 4.43. The van der Waals surface area contributed by atoms with Crippen molar-refractivity contribution in [3.63, 3.8) is 0 Å². The van der Waals surface area contributed by atoms with Crippen LogP contribution in [0.15, 0.2) is 6.33 Å². The number of hydrazine groups is 1. The molecular weight excluding hydrogens is 218 g/mol. The second-order valence-electron chi connectivity index (χ2n) is 4.56. The van der Waals surface area contributed by atoms with Gasteiger partial charge in [-0.2, -0.15) is 0 Å². The summed E-state index contributed by atoms with van der Waals surface area (Å²) in [6, 6.07) is 0. The summed E-state index contributed by atoms with van der Waals surface area (Å²) in [6.45, 7) is 3.01. The van der Waals surface area contributed by atoms with Gasteiger partial charge in [0, 0.05) is 17.5 Å². The van der Waals surface area contributed by atoms with Crippen LogP contribution in [0.25, 0.3) is 0 Å². The zero-order chi connectivity index (χ0) is 12.3. The van der Waals surface area contributed by atoms with Crippen molar-refractivity contribution in [3.05, 3.63) is 11.9 Å². The molecule has 5 N–H and O–H groups in total. The van der Waals surface area contributed by atoms with Crippen molar-refractivity contribution in [1.82, 2.24) is 9.97 Å². The molecule has 0 atom stereocenters. The Hall–Kier alpha value is -1.40. The molecular formula is C11H19N5O. The number of hydrogen-bond acceptors (Lipinski definition) is 6. The van der Waals surface area contributed by atoms with Crippen LogP contribution in [0, 0.1) is 5.41 Å². The lowest BCUT2D eigenvalue weighted by atomic mass is 10.1. The van der Waals surface area contributed by atoms with Crippen LogP contribution in [-0.2, 0) is 6.42 Å². The smallest absolute Gasteiger partial charge is 0.148 e. The quantitative estimate of drug-likeness (QED) is 0.425. The van der Waals surface area contributed by atoms with E-state index in [1.807, 2.05) is 6.92 Å². The Morgan fingerprint density at radius 3 is 2.65 bits per heavy atom. The third kappa shape index (κ3) is 2.48. The van der Waals surface area contributed by atoms with E-state index in [9.17, 15) is 5.11 Å². The van der Waals surface area contributed by atoms with E-state index in [1.165, 1.54) is 6.33 Å². The molecule has 0 spiro atoms. The van der Waals surface area contributed by atoms with E-state index in [1.54, 1.807) is 0 Å². The fraction of sp³-hybridized carbons (Fsp3) is 0.636. The van der Waals surface area contributed by atoms with Gasteiger partial charge in [0.2, 0.25) is 0 Å². The average molecular weight is 237 g/mol. The minimum Gasteiger partial charge on any atom is -0.396 e. The molecule has 0 unspecified atom stereocenters. The van der Waals surface area contributed by atoms with Crippen molar-refractivity contribution < 1.29 is 5.11 Å². The van der Waals surface area contributed by atoms with Crippen LogP contribution < -0.4 is 16.6 Å². The molecule has 94 valence electrons. The fourth-order valence-electron chi connectivity index (χ4n) is 1.86. The number of aliphatic hydroxyl groups is 1. The summed E-state index contributed by atoms with van der Waals surface area (Å²) in [5, 5.41) is 12.5. The number of nitrogens with zero attached hydrogens (tertiary/aromatic N) is 2. The van der Waals surface area contributed by atoms with E-state index in [-0.39, 0.29) is 12.0 Å². The third-order valence-corrected chi connectivity index (χ3v) is 3.36. The first-order valence-corrected chi connectivity index (χ1v) is 5.90. The monoisotopic (exact) mass is 237 g/mol. The van der Waals surface area contributed by atoms with Crippen LogP contribution in [0.4, 0.5) is 11.6 Å². The number of aromatic nitrogens is 2. The van der Waals surface area contributed by atoms with Crippen LogP contribution >= 0.6 is 0 Å². The van der Waals surface area contributed by atoms with Gasteiger partial charge < -0.3 is 15.8 Å². The highest BCUT2D eigenvalue weighted by molar-refractivity contribution is 5.56. The molecule has 1 aromatic heterocycles. The molecule has 0 radical (unpaired) electrons. The minimum absolute atomic E-state index is 0.0618. The predicted octanol–water partition coefficient (Wildman–Crippen LogP) is 0.509. The van der Waals surface area contributed by atoms with Crippen LogP contribution in [0.1, 0.15) is 25.3 Å². The number of anilines is 2. The molecule has 1 heterocycles. The second-order valence-corrected chi connectivity index (χ2v) is 4.56. The maximum atomic E-state index is 9.26. The van der Waals surface area contributed by atoms with Crippen LogP contribution in [0.5, 0.6) is 0 Å². The average Bonchev–Trinajstić information content (AvgIpc) is 3.16. The predicted molar refractivity (Wildman–Crippen MR) is 66.5 cm³/mol. The summed E-state index contributed by atoms with van der Waals surface area (Å²) in [7, 11) is 0. The van der Waals surface area contributed by atoms with Gasteiger partial charge in [-0.3, -0.25) is 0 Å². The van der Waals surface area contributed by atoms with E-state index in [4.69, 9.17) is 5.84 Å². The molecule has 0 aliphatic heterocycles. The van der Waals surface area contributed by atoms with Gasteiger partial charge >= 0.3 is 0 Å². The molecule has 1 aliphatic carbocycles. The Morgan fingerprint density at radius 2 is 2.12 bits per heavy atom. The molecule has 0 amide bonds. The minimum atomic E-state index is 0.0618. The molecule has 17 heavy (non-hydrogen) atoms. The van der Waals surface area contributed by atoms with Crippen molar-refractivity contribution in [2.75, 3.05) is 23.9 Å². The van der Waals surface area contributed by atoms with Crippen LogP contribution in [0.3, 0.4) is 0 Å². The topological polar surface area (TPSA) is 96.1 Å². The van der Waals surface area contributed by atoms with Gasteiger partial charge in [-0.05, 0) is 19.3 Å². The Balaban J connectivity index is 2.09. The number of aliphatic hydroxyl groups excluding tert-OH is 1. The lowest BCUT2D eigenvalue weighted by Gasteiger charge is -2.16. The SMILES string of the molecule is CCc1c(NN)ncnc1NCC1(CO)CC1. The molecule has 6 heteroatoms. The Kier molecular flexibility index (Phi) is 3.44. The van der Waals surface area contributed by atoms with Gasteiger partial charge in [0.15, 0.2) is 0 Å². The fourth-order valence-corrected chi connectivity index (χ4v) is 1.86. The summed E-state index contributed by atoms with van der Waals surface area (Å²) in [5.74, 6) is 6.86. The van der Waals surface area contributed by atoms with Crippen molar-refractivity contribution in [1.29, 1.82) is 0 Å². The van der Waals surface area contributed by atoms with Gasteiger partial charge in [0.1, 0.15) is 18.0 Å². The maximum absolute atomic E-state index is 9.26. The first-order valence-electron chi connectivity index (χ1n) is 5.90. The highest BCUT2D eigenvalue weighted by Gasteiger charge is 2.41. The van der Waals surface area contributed by atoms with Crippen molar-refractivity contribution in [2.24, 2.45) is 11.3 Å². The largest absolute Gasteiger partial charge is 0.396 e. The van der Waals surface area contributed by atoms with Crippen molar-refractivity contribution >= 4 is 11.6 Å². The Morgan fingerprint density at radius 1 is 1.41 bits per heavy atom. The number of hydrogen-bond donors (Lipinski definition) is 4. The Bertz CT molecular complexity index is 391. The standard InChI is InChI=1S/C11H19N5O/c1-2-8-9(14-7-15-10(8)16-12)13-5-11(6-17)3-4-11/h7,17H,2-6,12H2,1H3,(H2,13,14,15,16). The van der Waals surface area contributed by atoms with Gasteiger partial charge in [0.05, 0.1) is 6.61 Å². The molecule has 1 fully saturated rings. The maximum Gasteiger partial charge on any atom is 0.148 e. The van der Waals surface area contributed by atoms with Gasteiger partial charge in [-0.25, -0.2) is 15.8 Å². The number of nitrogens with two attached hydrogens (primary N) is 1. The third-order valence-electron chi connectivity index (χ3n) is 3.36. The number of nitrogens with one attached hydrogen (secondary N) is 2. The number of rotatable bonds is 6. The van der Waals surface area contributed by atoms with E-state index in [2.05, 4.69) is 20.7 Å². The normalized spacial score (nSPS) is 16.6.